The average molecular weight is 353 g/mol. The molecule has 0 N–H and O–H groups in total. The van der Waals surface area contributed by atoms with Crippen molar-refractivity contribution in [1.82, 2.24) is 0 Å². The van der Waals surface area contributed by atoms with E-state index in [1.54, 1.807) is 30.3 Å². The van der Waals surface area contributed by atoms with Gasteiger partial charge in [0, 0.05) is 21.2 Å². The Hall–Kier alpha value is -1.13. The molecule has 0 aromatic heterocycles. The minimum absolute atomic E-state index is 0.104. The van der Waals surface area contributed by atoms with E-state index in [0.29, 0.717) is 21.2 Å². The lowest BCUT2D eigenvalue weighted by atomic mass is 10.00. The van der Waals surface area contributed by atoms with Crippen LogP contribution < -0.4 is 0 Å². The fourth-order valence-electron chi connectivity index (χ4n) is 2.07. The minimum Gasteiger partial charge on any atom is -0.403 e. The molecule has 2 aromatic rings. The second-order valence-electron chi connectivity index (χ2n) is 6.00. The smallest absolute Gasteiger partial charge is 0.195 e. The maximum atomic E-state index is 12.9. The molecule has 0 aliphatic rings. The van der Waals surface area contributed by atoms with Gasteiger partial charge in [-0.05, 0) is 50.0 Å². The van der Waals surface area contributed by atoms with E-state index in [0.717, 1.165) is 0 Å². The highest BCUT2D eigenvalue weighted by atomic mass is 35.5. The van der Waals surface area contributed by atoms with Crippen molar-refractivity contribution in [3.8, 4) is 0 Å². The Morgan fingerprint density at radius 3 is 2.14 bits per heavy atom. The van der Waals surface area contributed by atoms with Crippen molar-refractivity contribution in [2.24, 2.45) is 0 Å². The molecule has 0 aliphatic heterocycles. The summed E-state index contributed by atoms with van der Waals surface area (Å²) >= 11 is 12.2. The predicted molar refractivity (Wildman–Crippen MR) is 94.4 cm³/mol. The number of carbonyl (C=O) groups excluding carboxylic acids is 1. The Morgan fingerprint density at radius 1 is 1.00 bits per heavy atom. The summed E-state index contributed by atoms with van der Waals surface area (Å²) in [6, 6.07) is 14.1. The lowest BCUT2D eigenvalue weighted by Gasteiger charge is -2.26. The third kappa shape index (κ3) is 4.43. The maximum absolute atomic E-state index is 12.9. The molecule has 116 valence electrons. The Balaban J connectivity index is 2.42. The van der Waals surface area contributed by atoms with Crippen LogP contribution in [0, 0.1) is 0 Å². The zero-order valence-electron chi connectivity index (χ0n) is 12.8. The molecule has 2 nitrogen and oxygen atoms in total. The van der Waals surface area contributed by atoms with Crippen molar-refractivity contribution < 1.29 is 9.22 Å². The van der Waals surface area contributed by atoms with E-state index in [4.69, 9.17) is 27.6 Å². The molecular weight excluding hydrogens is 335 g/mol. The summed E-state index contributed by atoms with van der Waals surface area (Å²) < 4.78 is 6.12. The third-order valence-electron chi connectivity index (χ3n) is 3.03. The fraction of sp³-hybridized carbons (Fsp3) is 0.235. The van der Waals surface area contributed by atoms with Gasteiger partial charge in [0.25, 0.3) is 0 Å². The molecule has 0 bridgehead atoms. The van der Waals surface area contributed by atoms with Crippen molar-refractivity contribution in [1.29, 1.82) is 0 Å². The van der Waals surface area contributed by atoms with E-state index < -0.39 is 14.4 Å². The SMILES string of the molecule is C[Si](C)(C)OC(C(=O)c1ccc(Cl)cc1)c1ccccc1Cl. The first-order valence-corrected chi connectivity index (χ1v) is 11.2. The van der Waals surface area contributed by atoms with Gasteiger partial charge < -0.3 is 4.43 Å². The van der Waals surface area contributed by atoms with E-state index in [1.165, 1.54) is 0 Å². The number of ketones is 1. The summed E-state index contributed by atoms with van der Waals surface area (Å²) in [5, 5.41) is 1.13. The highest BCUT2D eigenvalue weighted by molar-refractivity contribution is 6.70. The van der Waals surface area contributed by atoms with Gasteiger partial charge in [0.2, 0.25) is 0 Å². The minimum atomic E-state index is -1.94. The first-order chi connectivity index (χ1) is 10.3. The van der Waals surface area contributed by atoms with Crippen LogP contribution in [0.4, 0.5) is 0 Å². The van der Waals surface area contributed by atoms with Crippen LogP contribution in [0.25, 0.3) is 0 Å². The molecule has 0 saturated heterocycles. The molecule has 2 aromatic carbocycles. The second-order valence-corrected chi connectivity index (χ2v) is 11.3. The second kappa shape index (κ2) is 6.96. The maximum Gasteiger partial charge on any atom is 0.195 e. The van der Waals surface area contributed by atoms with Gasteiger partial charge in [-0.1, -0.05) is 41.4 Å². The van der Waals surface area contributed by atoms with E-state index in [9.17, 15) is 4.79 Å². The summed E-state index contributed by atoms with van der Waals surface area (Å²) in [6.45, 7) is 6.14. The van der Waals surface area contributed by atoms with Gasteiger partial charge in [-0.3, -0.25) is 4.79 Å². The van der Waals surface area contributed by atoms with E-state index >= 15 is 0 Å². The van der Waals surface area contributed by atoms with Crippen molar-refractivity contribution in [3.05, 3.63) is 69.7 Å². The molecule has 0 aliphatic carbocycles. The van der Waals surface area contributed by atoms with Crippen molar-refractivity contribution in [3.63, 3.8) is 0 Å². The van der Waals surface area contributed by atoms with Gasteiger partial charge in [-0.15, -0.1) is 0 Å². The largest absolute Gasteiger partial charge is 0.403 e. The molecule has 1 unspecified atom stereocenters. The Kier molecular flexibility index (Phi) is 5.45. The standard InChI is InChI=1S/C17H18Cl2O2Si/c1-22(2,3)21-17(14-6-4-5-7-15(14)19)16(20)12-8-10-13(18)11-9-12/h4-11,17H,1-3H3. The topological polar surface area (TPSA) is 26.3 Å². The quantitative estimate of drug-likeness (QED) is 0.504. The first-order valence-electron chi connectivity index (χ1n) is 7.00. The Bertz CT molecular complexity index is 663. The van der Waals surface area contributed by atoms with Gasteiger partial charge in [-0.2, -0.15) is 0 Å². The van der Waals surface area contributed by atoms with E-state index in [1.807, 2.05) is 37.8 Å². The van der Waals surface area contributed by atoms with E-state index in [2.05, 4.69) is 0 Å². The Labute approximate surface area is 142 Å². The van der Waals surface area contributed by atoms with Crippen LogP contribution >= 0.6 is 23.2 Å². The predicted octanol–water partition coefficient (Wildman–Crippen LogP) is 5.77. The number of Topliss-reactive ketones (excluding diaryl/α,β-unsaturated/α-hetero) is 1. The summed E-state index contributed by atoms with van der Waals surface area (Å²) in [4.78, 5) is 12.9. The third-order valence-corrected chi connectivity index (χ3v) is 4.56. The lowest BCUT2D eigenvalue weighted by Crippen LogP contribution is -2.31. The number of hydrogen-bond donors (Lipinski definition) is 0. The fourth-order valence-corrected chi connectivity index (χ4v) is 3.37. The number of halogens is 2. The van der Waals surface area contributed by atoms with Gasteiger partial charge in [-0.25, -0.2) is 0 Å². The zero-order chi connectivity index (χ0) is 16.3. The van der Waals surface area contributed by atoms with Gasteiger partial charge in [0.15, 0.2) is 14.1 Å². The average Bonchev–Trinajstić information content (AvgIpc) is 2.45. The number of rotatable bonds is 5. The lowest BCUT2D eigenvalue weighted by molar-refractivity contribution is 0.0780. The summed E-state index contributed by atoms with van der Waals surface area (Å²) in [5.41, 5.74) is 1.26. The molecule has 0 radical (unpaired) electrons. The van der Waals surface area contributed by atoms with Crippen molar-refractivity contribution >= 4 is 37.3 Å². The highest BCUT2D eigenvalue weighted by Crippen LogP contribution is 2.31. The summed E-state index contributed by atoms with van der Waals surface area (Å²) in [7, 11) is -1.94. The molecule has 0 fully saturated rings. The van der Waals surface area contributed by atoms with Crippen LogP contribution in [-0.2, 0) is 4.43 Å². The molecule has 0 saturated carbocycles. The van der Waals surface area contributed by atoms with Crippen LogP contribution in [0.3, 0.4) is 0 Å². The normalized spacial score (nSPS) is 13.0. The van der Waals surface area contributed by atoms with Gasteiger partial charge in [0.05, 0.1) is 0 Å². The number of hydrogen-bond acceptors (Lipinski definition) is 2. The van der Waals surface area contributed by atoms with Gasteiger partial charge >= 0.3 is 0 Å². The van der Waals surface area contributed by atoms with Gasteiger partial charge in [0.1, 0.15) is 6.10 Å². The van der Waals surface area contributed by atoms with Crippen LogP contribution in [0.5, 0.6) is 0 Å². The molecular formula is C17H18Cl2O2Si. The molecule has 5 heteroatoms. The molecule has 0 heterocycles. The summed E-state index contributed by atoms with van der Waals surface area (Å²) in [6.07, 6.45) is -0.693. The number of benzene rings is 2. The highest BCUT2D eigenvalue weighted by Gasteiger charge is 2.30. The first kappa shape index (κ1) is 17.2. The Morgan fingerprint density at radius 2 is 1.59 bits per heavy atom. The molecule has 1 atom stereocenters. The number of carbonyl (C=O) groups is 1. The van der Waals surface area contributed by atoms with Crippen LogP contribution in [0.15, 0.2) is 48.5 Å². The molecule has 2 rings (SSSR count). The summed E-state index contributed by atoms with van der Waals surface area (Å²) in [5.74, 6) is -0.104. The van der Waals surface area contributed by atoms with Crippen LogP contribution in [0.1, 0.15) is 22.0 Å². The zero-order valence-corrected chi connectivity index (χ0v) is 15.3. The van der Waals surface area contributed by atoms with Crippen molar-refractivity contribution in [2.75, 3.05) is 0 Å². The van der Waals surface area contributed by atoms with E-state index in [-0.39, 0.29) is 5.78 Å². The molecule has 0 amide bonds. The van der Waals surface area contributed by atoms with Crippen molar-refractivity contribution in [2.45, 2.75) is 25.7 Å². The van der Waals surface area contributed by atoms with Crippen LogP contribution in [-0.4, -0.2) is 14.1 Å². The van der Waals surface area contributed by atoms with Crippen LogP contribution in [0.2, 0.25) is 29.7 Å². The molecule has 0 spiro atoms. The molecule has 22 heavy (non-hydrogen) atoms. The monoisotopic (exact) mass is 352 g/mol.